The van der Waals surface area contributed by atoms with Crippen molar-refractivity contribution in [2.45, 2.75) is 46.5 Å². The predicted molar refractivity (Wildman–Crippen MR) is 78.7 cm³/mol. The zero-order chi connectivity index (χ0) is 14.3. The molecule has 0 atom stereocenters. The number of hydrogen-bond acceptors (Lipinski definition) is 2. The first kappa shape index (κ1) is 15.7. The maximum absolute atomic E-state index is 10.4. The number of unbranched alkanes of at least 4 members (excludes halogenated alkanes) is 1. The highest BCUT2D eigenvalue weighted by molar-refractivity contribution is 5.66. The number of carboxylic acid groups (broad SMARTS) is 1. The monoisotopic (exact) mass is 263 g/mol. The molecule has 1 aromatic carbocycles. The van der Waals surface area contributed by atoms with Crippen molar-refractivity contribution in [3.05, 3.63) is 34.4 Å². The third-order valence-corrected chi connectivity index (χ3v) is 3.39. The molecule has 3 heteroatoms. The van der Waals surface area contributed by atoms with Crippen molar-refractivity contribution >= 4 is 5.97 Å². The molecule has 0 spiro atoms. The molecular weight excluding hydrogens is 238 g/mol. The minimum Gasteiger partial charge on any atom is -0.481 e. The molecular formula is C16H25NO2. The molecule has 2 N–H and O–H groups in total. The summed E-state index contributed by atoms with van der Waals surface area (Å²) in [5, 5.41) is 11.9. The number of nitrogens with one attached hydrogen (secondary N) is 1. The van der Waals surface area contributed by atoms with Gasteiger partial charge in [0, 0.05) is 6.42 Å². The van der Waals surface area contributed by atoms with Gasteiger partial charge in [-0.1, -0.05) is 17.7 Å². The van der Waals surface area contributed by atoms with E-state index in [0.29, 0.717) is 0 Å². The first-order valence-electron chi connectivity index (χ1n) is 7.00. The third-order valence-electron chi connectivity index (χ3n) is 3.39. The SMILES string of the molecule is Cc1cc(C)c(CCNCCCCC(=O)O)c(C)c1. The van der Waals surface area contributed by atoms with E-state index in [1.54, 1.807) is 0 Å². The maximum atomic E-state index is 10.4. The van der Waals surface area contributed by atoms with Gasteiger partial charge in [0.25, 0.3) is 0 Å². The lowest BCUT2D eigenvalue weighted by atomic mass is 9.97. The molecule has 0 fully saturated rings. The molecule has 0 aliphatic heterocycles. The Morgan fingerprint density at radius 2 is 1.74 bits per heavy atom. The van der Waals surface area contributed by atoms with E-state index in [-0.39, 0.29) is 6.42 Å². The fourth-order valence-electron chi connectivity index (χ4n) is 2.47. The van der Waals surface area contributed by atoms with E-state index in [1.807, 2.05) is 0 Å². The van der Waals surface area contributed by atoms with Crippen molar-refractivity contribution in [1.29, 1.82) is 0 Å². The zero-order valence-corrected chi connectivity index (χ0v) is 12.3. The van der Waals surface area contributed by atoms with Gasteiger partial charge in [0.2, 0.25) is 0 Å². The molecule has 0 saturated carbocycles. The molecule has 1 rings (SSSR count). The van der Waals surface area contributed by atoms with Gasteiger partial charge in [-0.05, 0) is 69.8 Å². The summed E-state index contributed by atoms with van der Waals surface area (Å²) in [5.74, 6) is -0.703. The van der Waals surface area contributed by atoms with Gasteiger partial charge in [0.05, 0.1) is 0 Å². The summed E-state index contributed by atoms with van der Waals surface area (Å²) >= 11 is 0. The highest BCUT2D eigenvalue weighted by atomic mass is 16.4. The molecule has 0 amide bonds. The number of carbonyl (C=O) groups is 1. The zero-order valence-electron chi connectivity index (χ0n) is 12.3. The Labute approximate surface area is 116 Å². The first-order chi connectivity index (χ1) is 9.00. The summed E-state index contributed by atoms with van der Waals surface area (Å²) in [4.78, 5) is 10.4. The Morgan fingerprint density at radius 1 is 1.11 bits per heavy atom. The van der Waals surface area contributed by atoms with Crippen LogP contribution in [0.5, 0.6) is 0 Å². The van der Waals surface area contributed by atoms with E-state index >= 15 is 0 Å². The van der Waals surface area contributed by atoms with Crippen molar-refractivity contribution in [2.24, 2.45) is 0 Å². The van der Waals surface area contributed by atoms with Crippen molar-refractivity contribution in [2.75, 3.05) is 13.1 Å². The first-order valence-corrected chi connectivity index (χ1v) is 7.00. The Kier molecular flexibility index (Phi) is 6.57. The lowest BCUT2D eigenvalue weighted by Crippen LogP contribution is -2.19. The average molecular weight is 263 g/mol. The van der Waals surface area contributed by atoms with Crippen molar-refractivity contribution in [1.82, 2.24) is 5.32 Å². The molecule has 0 heterocycles. The van der Waals surface area contributed by atoms with Gasteiger partial charge in [-0.3, -0.25) is 4.79 Å². The fraction of sp³-hybridized carbons (Fsp3) is 0.562. The van der Waals surface area contributed by atoms with E-state index in [1.165, 1.54) is 22.3 Å². The summed E-state index contributed by atoms with van der Waals surface area (Å²) < 4.78 is 0. The third kappa shape index (κ3) is 5.88. The summed E-state index contributed by atoms with van der Waals surface area (Å²) in [6, 6.07) is 4.46. The lowest BCUT2D eigenvalue weighted by molar-refractivity contribution is -0.137. The van der Waals surface area contributed by atoms with Gasteiger partial charge < -0.3 is 10.4 Å². The number of rotatable bonds is 8. The molecule has 0 unspecified atom stereocenters. The van der Waals surface area contributed by atoms with Crippen molar-refractivity contribution in [3.63, 3.8) is 0 Å². The van der Waals surface area contributed by atoms with E-state index in [9.17, 15) is 4.79 Å². The molecule has 0 aromatic heterocycles. The van der Waals surface area contributed by atoms with Gasteiger partial charge >= 0.3 is 5.97 Å². The van der Waals surface area contributed by atoms with Crippen LogP contribution in [-0.2, 0) is 11.2 Å². The Bertz CT molecular complexity index is 404. The van der Waals surface area contributed by atoms with Gasteiger partial charge in [-0.15, -0.1) is 0 Å². The van der Waals surface area contributed by atoms with Crippen LogP contribution in [0.3, 0.4) is 0 Å². The number of benzene rings is 1. The Balaban J connectivity index is 2.25. The van der Waals surface area contributed by atoms with Crippen LogP contribution in [-0.4, -0.2) is 24.2 Å². The van der Waals surface area contributed by atoms with Crippen molar-refractivity contribution < 1.29 is 9.90 Å². The van der Waals surface area contributed by atoms with Gasteiger partial charge in [-0.25, -0.2) is 0 Å². The molecule has 106 valence electrons. The second-order valence-corrected chi connectivity index (χ2v) is 5.23. The number of carboxylic acids is 1. The molecule has 3 nitrogen and oxygen atoms in total. The second-order valence-electron chi connectivity index (χ2n) is 5.23. The predicted octanol–water partition coefficient (Wildman–Crippen LogP) is 3.00. The van der Waals surface area contributed by atoms with Crippen molar-refractivity contribution in [3.8, 4) is 0 Å². The topological polar surface area (TPSA) is 49.3 Å². The Hall–Kier alpha value is -1.35. The number of hydrogen-bond donors (Lipinski definition) is 2. The quantitative estimate of drug-likeness (QED) is 0.709. The van der Waals surface area contributed by atoms with E-state index in [0.717, 1.165) is 32.4 Å². The minimum absolute atomic E-state index is 0.276. The number of aryl methyl sites for hydroxylation is 3. The standard InChI is InChI=1S/C16H25NO2/c1-12-10-13(2)15(14(3)11-12)7-9-17-8-5-4-6-16(18)19/h10-11,17H,4-9H2,1-3H3,(H,18,19). The van der Waals surface area contributed by atoms with Crippen LogP contribution >= 0.6 is 0 Å². The van der Waals surface area contributed by atoms with Crippen LogP contribution in [0.2, 0.25) is 0 Å². The molecule has 0 aliphatic rings. The van der Waals surface area contributed by atoms with Gasteiger partial charge in [-0.2, -0.15) is 0 Å². The summed E-state index contributed by atoms with van der Waals surface area (Å²) in [6.07, 6.45) is 3.00. The minimum atomic E-state index is -0.703. The van der Waals surface area contributed by atoms with Crippen LogP contribution in [0.1, 0.15) is 41.5 Å². The van der Waals surface area contributed by atoms with E-state index in [4.69, 9.17) is 5.11 Å². The van der Waals surface area contributed by atoms with Crippen LogP contribution in [0.4, 0.5) is 0 Å². The van der Waals surface area contributed by atoms with E-state index < -0.39 is 5.97 Å². The Morgan fingerprint density at radius 3 is 2.32 bits per heavy atom. The summed E-state index contributed by atoms with van der Waals surface area (Å²) in [6.45, 7) is 8.32. The van der Waals surface area contributed by atoms with Gasteiger partial charge in [0.1, 0.15) is 0 Å². The highest BCUT2D eigenvalue weighted by Crippen LogP contribution is 2.16. The maximum Gasteiger partial charge on any atom is 0.303 e. The highest BCUT2D eigenvalue weighted by Gasteiger charge is 2.03. The number of aliphatic carboxylic acids is 1. The summed E-state index contributed by atoms with van der Waals surface area (Å²) in [7, 11) is 0. The largest absolute Gasteiger partial charge is 0.481 e. The van der Waals surface area contributed by atoms with Crippen LogP contribution in [0.25, 0.3) is 0 Å². The molecule has 0 aliphatic carbocycles. The molecule has 0 saturated heterocycles. The molecule has 1 aromatic rings. The molecule has 19 heavy (non-hydrogen) atoms. The van der Waals surface area contributed by atoms with E-state index in [2.05, 4.69) is 38.2 Å². The van der Waals surface area contributed by atoms with Gasteiger partial charge in [0.15, 0.2) is 0 Å². The smallest absolute Gasteiger partial charge is 0.303 e. The second kappa shape index (κ2) is 7.95. The van der Waals surface area contributed by atoms with Crippen LogP contribution in [0, 0.1) is 20.8 Å². The molecule has 0 bridgehead atoms. The van der Waals surface area contributed by atoms with Crippen LogP contribution < -0.4 is 5.32 Å². The average Bonchev–Trinajstić information content (AvgIpc) is 2.30. The lowest BCUT2D eigenvalue weighted by Gasteiger charge is -2.12. The normalized spacial score (nSPS) is 10.7. The van der Waals surface area contributed by atoms with Crippen LogP contribution in [0.15, 0.2) is 12.1 Å². The fourth-order valence-corrected chi connectivity index (χ4v) is 2.47. The molecule has 0 radical (unpaired) electrons. The summed E-state index contributed by atoms with van der Waals surface area (Å²) in [5.41, 5.74) is 5.49.